The summed E-state index contributed by atoms with van der Waals surface area (Å²) in [6, 6.07) is 4.42. The van der Waals surface area contributed by atoms with Crippen LogP contribution in [0.2, 0.25) is 0 Å². The predicted octanol–water partition coefficient (Wildman–Crippen LogP) is 0.756. The van der Waals surface area contributed by atoms with E-state index in [0.717, 1.165) is 0 Å². The Kier molecular flexibility index (Phi) is 3.75. The molecule has 0 aliphatic rings. The van der Waals surface area contributed by atoms with Gasteiger partial charge in [0.2, 0.25) is 0 Å². The minimum absolute atomic E-state index is 0.283. The van der Waals surface area contributed by atoms with E-state index in [1.807, 2.05) is 0 Å². The Morgan fingerprint density at radius 1 is 1.00 bits per heavy atom. The number of hydrogen-bond donors (Lipinski definition) is 3. The fraction of sp³-hybridized carbons (Fsp3) is 0.286. The molecule has 2 rings (SSSR count). The maximum absolute atomic E-state index is 12.3. The van der Waals surface area contributed by atoms with E-state index in [-0.39, 0.29) is 11.3 Å². The van der Waals surface area contributed by atoms with Crippen LogP contribution in [0, 0.1) is 11.8 Å². The molecule has 0 radical (unpaired) electrons. The zero-order valence-electron chi connectivity index (χ0n) is 11.5. The van der Waals surface area contributed by atoms with Crippen LogP contribution >= 0.6 is 0 Å². The maximum atomic E-state index is 12.3. The van der Waals surface area contributed by atoms with Crippen LogP contribution in [0.5, 0.6) is 0 Å². The highest BCUT2D eigenvalue weighted by Crippen LogP contribution is 2.19. The van der Waals surface area contributed by atoms with Gasteiger partial charge >= 0.3 is 17.1 Å². The van der Waals surface area contributed by atoms with Gasteiger partial charge in [-0.25, -0.2) is 0 Å². The highest BCUT2D eigenvalue weighted by molar-refractivity contribution is 6.01. The molecule has 7 heteroatoms. The van der Waals surface area contributed by atoms with E-state index in [2.05, 4.69) is 9.97 Å². The van der Waals surface area contributed by atoms with Crippen LogP contribution in [0.1, 0.15) is 24.2 Å². The number of hydrogen-bond acceptors (Lipinski definition) is 4. The fourth-order valence-electron chi connectivity index (χ4n) is 1.97. The summed E-state index contributed by atoms with van der Waals surface area (Å²) < 4.78 is 0. The van der Waals surface area contributed by atoms with Crippen molar-refractivity contribution in [1.29, 1.82) is 0 Å². The number of aromatic amines is 2. The molecular weight excluding hydrogens is 276 g/mol. The van der Waals surface area contributed by atoms with Crippen LogP contribution in [-0.4, -0.2) is 26.8 Å². The normalized spacial score (nSPS) is 13.8. The molecule has 0 amide bonds. The second-order valence-corrected chi connectivity index (χ2v) is 4.95. The van der Waals surface area contributed by atoms with Crippen molar-refractivity contribution in [2.24, 2.45) is 11.8 Å². The average molecular weight is 290 g/mol. The Labute approximate surface area is 118 Å². The van der Waals surface area contributed by atoms with Crippen molar-refractivity contribution >= 4 is 22.8 Å². The quantitative estimate of drug-likeness (QED) is 0.567. The lowest BCUT2D eigenvalue weighted by atomic mass is 9.88. The highest BCUT2D eigenvalue weighted by atomic mass is 16.4. The van der Waals surface area contributed by atoms with Crippen molar-refractivity contribution < 1.29 is 14.7 Å². The third-order valence-electron chi connectivity index (χ3n) is 3.56. The van der Waals surface area contributed by atoms with Crippen molar-refractivity contribution in [3.63, 3.8) is 0 Å². The molecule has 110 valence electrons. The van der Waals surface area contributed by atoms with Crippen LogP contribution in [0.15, 0.2) is 27.8 Å². The first-order chi connectivity index (χ1) is 9.81. The summed E-state index contributed by atoms with van der Waals surface area (Å²) in [5.74, 6) is -2.90. The lowest BCUT2D eigenvalue weighted by Gasteiger charge is -2.14. The molecule has 1 aromatic heterocycles. The second-order valence-electron chi connectivity index (χ2n) is 4.95. The molecule has 0 aliphatic carbocycles. The molecule has 7 nitrogen and oxygen atoms in total. The molecule has 0 saturated carbocycles. The van der Waals surface area contributed by atoms with Gasteiger partial charge in [-0.15, -0.1) is 0 Å². The number of carboxylic acid groups (broad SMARTS) is 1. The molecule has 0 spiro atoms. The summed E-state index contributed by atoms with van der Waals surface area (Å²) in [5.41, 5.74) is -0.574. The van der Waals surface area contributed by atoms with Crippen LogP contribution in [-0.2, 0) is 4.79 Å². The van der Waals surface area contributed by atoms with E-state index in [0.29, 0.717) is 11.0 Å². The van der Waals surface area contributed by atoms with Gasteiger partial charge < -0.3 is 15.1 Å². The first kappa shape index (κ1) is 14.7. The Morgan fingerprint density at radius 2 is 1.57 bits per heavy atom. The van der Waals surface area contributed by atoms with Gasteiger partial charge in [0.05, 0.1) is 17.0 Å². The number of carbonyl (C=O) groups excluding carboxylic acids is 1. The number of fused-ring (bicyclic) bond motifs is 1. The highest BCUT2D eigenvalue weighted by Gasteiger charge is 2.26. The molecule has 0 aliphatic heterocycles. The minimum Gasteiger partial charge on any atom is -0.481 e. The lowest BCUT2D eigenvalue weighted by Crippen LogP contribution is -2.29. The predicted molar refractivity (Wildman–Crippen MR) is 75.5 cm³/mol. The number of benzene rings is 1. The smallest absolute Gasteiger partial charge is 0.314 e. The Morgan fingerprint density at radius 3 is 2.14 bits per heavy atom. The van der Waals surface area contributed by atoms with E-state index in [4.69, 9.17) is 5.11 Å². The van der Waals surface area contributed by atoms with E-state index >= 15 is 0 Å². The summed E-state index contributed by atoms with van der Waals surface area (Å²) in [6.45, 7) is 3.01. The summed E-state index contributed by atoms with van der Waals surface area (Å²) >= 11 is 0. The van der Waals surface area contributed by atoms with Gasteiger partial charge in [-0.3, -0.25) is 19.2 Å². The largest absolute Gasteiger partial charge is 0.481 e. The van der Waals surface area contributed by atoms with Gasteiger partial charge in [0, 0.05) is 11.5 Å². The van der Waals surface area contributed by atoms with Crippen LogP contribution < -0.4 is 11.1 Å². The van der Waals surface area contributed by atoms with Crippen molar-refractivity contribution in [2.45, 2.75) is 13.8 Å². The molecular formula is C14H14N2O5. The molecule has 1 heterocycles. The van der Waals surface area contributed by atoms with E-state index in [1.165, 1.54) is 25.1 Å². The van der Waals surface area contributed by atoms with Crippen molar-refractivity contribution in [3.8, 4) is 0 Å². The topological polar surface area (TPSA) is 120 Å². The standard InChI is InChI=1S/C14H14N2O5/c1-6(7(2)14(20)21)11(17)8-3-4-9-10(5-8)16-13(19)12(18)15-9/h3-7H,1-2H3,(H,15,18)(H,16,19)(H,20,21). The average Bonchev–Trinajstić information content (AvgIpc) is 2.45. The lowest BCUT2D eigenvalue weighted by molar-refractivity contribution is -0.142. The minimum atomic E-state index is -1.05. The monoisotopic (exact) mass is 290 g/mol. The summed E-state index contributed by atoms with van der Waals surface area (Å²) in [7, 11) is 0. The molecule has 21 heavy (non-hydrogen) atoms. The number of carboxylic acids is 1. The number of aromatic nitrogens is 2. The second kappa shape index (κ2) is 5.35. The van der Waals surface area contributed by atoms with Crippen LogP contribution in [0.3, 0.4) is 0 Å². The molecule has 2 unspecified atom stereocenters. The molecule has 0 bridgehead atoms. The Balaban J connectivity index is 2.45. The zero-order valence-corrected chi connectivity index (χ0v) is 11.5. The third kappa shape index (κ3) is 2.76. The van der Waals surface area contributed by atoms with Gasteiger partial charge in [-0.1, -0.05) is 13.8 Å². The van der Waals surface area contributed by atoms with Crippen molar-refractivity contribution in [2.75, 3.05) is 0 Å². The number of aliphatic carboxylic acids is 1. The molecule has 1 aromatic carbocycles. The van der Waals surface area contributed by atoms with Gasteiger partial charge in [0.15, 0.2) is 5.78 Å². The van der Waals surface area contributed by atoms with Crippen LogP contribution in [0.4, 0.5) is 0 Å². The molecule has 3 N–H and O–H groups in total. The van der Waals surface area contributed by atoms with Gasteiger partial charge in [-0.2, -0.15) is 0 Å². The summed E-state index contributed by atoms with van der Waals surface area (Å²) in [6.07, 6.45) is 0. The molecule has 0 saturated heterocycles. The molecule has 2 atom stereocenters. The number of H-pyrrole nitrogens is 2. The summed E-state index contributed by atoms with van der Waals surface area (Å²) in [4.78, 5) is 50.4. The van der Waals surface area contributed by atoms with E-state index in [1.54, 1.807) is 6.92 Å². The number of ketones is 1. The van der Waals surface area contributed by atoms with E-state index in [9.17, 15) is 19.2 Å². The van der Waals surface area contributed by atoms with Crippen molar-refractivity contribution in [3.05, 3.63) is 44.5 Å². The van der Waals surface area contributed by atoms with Crippen LogP contribution in [0.25, 0.3) is 11.0 Å². The third-order valence-corrected chi connectivity index (χ3v) is 3.56. The van der Waals surface area contributed by atoms with Gasteiger partial charge in [-0.05, 0) is 18.2 Å². The van der Waals surface area contributed by atoms with Crippen molar-refractivity contribution in [1.82, 2.24) is 9.97 Å². The first-order valence-electron chi connectivity index (χ1n) is 6.34. The molecule has 0 fully saturated rings. The number of rotatable bonds is 4. The zero-order chi connectivity index (χ0) is 15.7. The number of carbonyl (C=O) groups is 2. The summed E-state index contributed by atoms with van der Waals surface area (Å²) in [5, 5.41) is 8.95. The fourth-order valence-corrected chi connectivity index (χ4v) is 1.97. The SMILES string of the molecule is CC(C(=O)O)C(C)C(=O)c1ccc2[nH]c(=O)c(=O)[nH]c2c1. The maximum Gasteiger partial charge on any atom is 0.314 e. The Bertz CT molecular complexity index is 833. The Hall–Kier alpha value is -2.70. The van der Waals surface area contributed by atoms with E-state index < -0.39 is 28.9 Å². The number of Topliss-reactive ketones (excluding diaryl/α,β-unsaturated/α-hetero) is 1. The molecule has 2 aromatic rings. The van der Waals surface area contributed by atoms with Gasteiger partial charge in [0.1, 0.15) is 0 Å². The van der Waals surface area contributed by atoms with Gasteiger partial charge in [0.25, 0.3) is 0 Å². The first-order valence-corrected chi connectivity index (χ1v) is 6.34. The number of nitrogens with one attached hydrogen (secondary N) is 2.